The summed E-state index contributed by atoms with van der Waals surface area (Å²) in [6.45, 7) is 13.6. The van der Waals surface area contributed by atoms with Crippen molar-refractivity contribution in [3.05, 3.63) is 123 Å². The average molecular weight is 918 g/mol. The number of rotatable bonds is 11. The van der Waals surface area contributed by atoms with E-state index in [2.05, 4.69) is 15.2 Å². The zero-order valence-corrected chi connectivity index (χ0v) is 39.0. The molecule has 354 valence electrons. The van der Waals surface area contributed by atoms with Crippen molar-refractivity contribution in [2.75, 3.05) is 13.1 Å². The van der Waals surface area contributed by atoms with E-state index < -0.39 is 87.5 Å². The molecule has 0 saturated carbocycles. The predicted octanol–water partition coefficient (Wildman–Crippen LogP) is 6.92. The van der Waals surface area contributed by atoms with Crippen molar-refractivity contribution in [2.45, 2.75) is 122 Å². The van der Waals surface area contributed by atoms with E-state index in [9.17, 15) is 29.4 Å². The van der Waals surface area contributed by atoms with Crippen LogP contribution in [0.2, 0.25) is 0 Å². The highest BCUT2D eigenvalue weighted by Crippen LogP contribution is 2.62. The number of nitrogens with one attached hydrogen (secondary N) is 2. The van der Waals surface area contributed by atoms with E-state index in [1.807, 2.05) is 30.6 Å². The number of nitrogens with zero attached hydrogens (tertiary/aromatic N) is 3. The molecule has 3 heterocycles. The molecule has 6 amide bonds. The Kier molecular flexibility index (Phi) is 11.8. The van der Waals surface area contributed by atoms with Gasteiger partial charge in [0.05, 0.1) is 23.9 Å². The zero-order chi connectivity index (χ0) is 48.7. The van der Waals surface area contributed by atoms with Crippen molar-refractivity contribution in [2.24, 2.45) is 22.3 Å². The molecule has 16 heteroatoms. The number of likely N-dealkylation sites (tertiary alicyclic amines) is 2. The summed E-state index contributed by atoms with van der Waals surface area (Å²) >= 11 is 0. The summed E-state index contributed by atoms with van der Waals surface area (Å²) in [7, 11) is 0. The molecule has 0 spiro atoms. The monoisotopic (exact) mass is 917 g/mol. The van der Waals surface area contributed by atoms with Gasteiger partial charge in [-0.15, -0.1) is 0 Å². The molecule has 2 fully saturated rings. The molecule has 4 aliphatic carbocycles. The Bertz CT molecular complexity index is 2560. The molecule has 4 unspecified atom stereocenters. The number of nitrogens with two attached hydrogens (primary N) is 2. The first-order valence-electron chi connectivity index (χ1n) is 23.1. The van der Waals surface area contributed by atoms with E-state index >= 15 is 14.0 Å². The number of aromatic nitrogens is 1. The fraction of sp³-hybridized carbons (Fsp3) is 0.451. The Hall–Kier alpha value is -6.39. The molecule has 10 rings (SSSR count). The Balaban J connectivity index is 1.46. The van der Waals surface area contributed by atoms with Gasteiger partial charge in [0.2, 0.25) is 11.8 Å². The predicted molar refractivity (Wildman–Crippen MR) is 247 cm³/mol. The van der Waals surface area contributed by atoms with Crippen LogP contribution in [0.25, 0.3) is 5.69 Å². The van der Waals surface area contributed by atoms with Crippen molar-refractivity contribution in [1.82, 2.24) is 25.0 Å². The van der Waals surface area contributed by atoms with E-state index in [1.165, 1.54) is 12.1 Å². The van der Waals surface area contributed by atoms with Crippen LogP contribution in [0.1, 0.15) is 141 Å². The summed E-state index contributed by atoms with van der Waals surface area (Å²) in [5, 5.41) is 24.8. The van der Waals surface area contributed by atoms with Gasteiger partial charge in [0, 0.05) is 41.0 Å². The second-order valence-corrected chi connectivity index (χ2v) is 19.7. The lowest BCUT2D eigenvalue weighted by Crippen LogP contribution is -2.66. The third kappa shape index (κ3) is 6.64. The van der Waals surface area contributed by atoms with Gasteiger partial charge in [0.25, 0.3) is 11.8 Å². The number of amides is 6. The van der Waals surface area contributed by atoms with Gasteiger partial charge in [-0.05, 0) is 103 Å². The smallest absolute Gasteiger partial charge is 0.411 e. The number of hydrogen-bond acceptors (Lipinski definition) is 8. The first-order valence-corrected chi connectivity index (χ1v) is 23.1. The first-order chi connectivity index (χ1) is 31.6. The maximum atomic E-state index is 15.3. The largest absolute Gasteiger partial charge is 0.465 e. The fourth-order valence-corrected chi connectivity index (χ4v) is 13.7. The third-order valence-electron chi connectivity index (χ3n) is 15.9. The van der Waals surface area contributed by atoms with E-state index in [-0.39, 0.29) is 0 Å². The maximum Gasteiger partial charge on any atom is 0.411 e. The third-order valence-corrected chi connectivity index (χ3v) is 15.9. The van der Waals surface area contributed by atoms with Crippen LogP contribution < -0.4 is 22.1 Å². The molecule has 6 aliphatic rings. The van der Waals surface area contributed by atoms with Crippen LogP contribution in [0, 0.1) is 23.6 Å². The van der Waals surface area contributed by atoms with Crippen molar-refractivity contribution in [3.8, 4) is 5.69 Å². The van der Waals surface area contributed by atoms with Gasteiger partial charge in [-0.25, -0.2) is 14.0 Å². The number of halogens is 1. The number of imide groups is 2. The normalized spacial score (nSPS) is 26.2. The summed E-state index contributed by atoms with van der Waals surface area (Å²) in [6, 6.07) is 17.4. The minimum atomic E-state index is -1.79. The lowest BCUT2D eigenvalue weighted by molar-refractivity contribution is -0.150. The lowest BCUT2D eigenvalue weighted by atomic mass is 9.60. The Morgan fingerprint density at radius 3 is 1.37 bits per heavy atom. The number of carboxylic acid groups (broad SMARTS) is 2. The summed E-state index contributed by atoms with van der Waals surface area (Å²) in [5.74, 6) is -5.50. The standard InChI is InChI=1S/C51H60FN7O8/c1-8-33-34(9-2)41(37-13-11-25-58(37)51(45(63)56-47(66)67)31-20-16-29(17-21-31)39(43(54)61)49(51,6)7)59(35-23-22-32(52)26-27(35)3)40(33)36-12-10-24-57(36)50(44(62)55-46(64)65)30-18-14-28(15-19-30)38(42(53)60)48(50,4)5/h14-23,26,36-39H,8-13,24-25H2,1-7H3,(H2,53,60)(H2,54,61)(H,55,62)(H,56,63)(H,64,65)(H,66,67)/t36?,37?,38?,39?,50-,51-/m0/s1. The molecule has 1 aromatic heterocycles. The minimum Gasteiger partial charge on any atom is -0.465 e. The molecular weight excluding hydrogens is 858 g/mol. The van der Waals surface area contributed by atoms with E-state index in [0.29, 0.717) is 85.1 Å². The van der Waals surface area contributed by atoms with E-state index in [0.717, 1.165) is 22.5 Å². The van der Waals surface area contributed by atoms with Crippen LogP contribution in [-0.4, -0.2) is 73.5 Å². The molecule has 4 aromatic rings. The number of primary amides is 2. The number of fused-ring (bicyclic) bond motifs is 8. The number of carbonyl (C=O) groups is 6. The average Bonchev–Trinajstić information content (AvgIpc) is 3.94. The molecule has 67 heavy (non-hydrogen) atoms. The van der Waals surface area contributed by atoms with Gasteiger partial charge in [0.1, 0.15) is 16.9 Å². The van der Waals surface area contributed by atoms with Gasteiger partial charge in [-0.2, -0.15) is 0 Å². The number of carbonyl (C=O) groups excluding carboxylic acids is 4. The van der Waals surface area contributed by atoms with Gasteiger partial charge in [-0.1, -0.05) is 90.1 Å². The Morgan fingerprint density at radius 2 is 1.04 bits per heavy atom. The van der Waals surface area contributed by atoms with Crippen LogP contribution in [0.4, 0.5) is 14.0 Å². The summed E-state index contributed by atoms with van der Waals surface area (Å²) in [6.07, 6.45) is 0.00413. The van der Waals surface area contributed by atoms with Crippen molar-refractivity contribution >= 4 is 35.8 Å². The maximum absolute atomic E-state index is 15.3. The quantitative estimate of drug-likeness (QED) is 0.0910. The zero-order valence-electron chi connectivity index (χ0n) is 39.0. The molecule has 2 saturated heterocycles. The molecule has 0 radical (unpaired) electrons. The van der Waals surface area contributed by atoms with Gasteiger partial charge >= 0.3 is 12.2 Å². The molecule has 4 bridgehead atoms. The SMILES string of the molecule is CCc1c(CC)c(C2CCCN2[C@]2(C(=O)NC(=O)O)c3ccc(cc3)C(C(N)=O)C2(C)C)n(-c2ccc(F)cc2C)c1C1CCCN1[C@]1(C(=O)NC(=O)O)c2ccc(cc2)C(C(N)=O)C1(C)C. The van der Waals surface area contributed by atoms with Crippen molar-refractivity contribution in [1.29, 1.82) is 0 Å². The minimum absolute atomic E-state index is 0.313. The highest BCUT2D eigenvalue weighted by atomic mass is 19.1. The first kappa shape index (κ1) is 47.1. The molecule has 6 atom stereocenters. The van der Waals surface area contributed by atoms with Crippen LogP contribution in [0.15, 0.2) is 66.7 Å². The Labute approximate surface area is 389 Å². The second kappa shape index (κ2) is 16.7. The van der Waals surface area contributed by atoms with Crippen LogP contribution in [-0.2, 0) is 43.1 Å². The number of benzene rings is 3. The number of aryl methyl sites for hydroxylation is 1. The van der Waals surface area contributed by atoms with Crippen LogP contribution >= 0.6 is 0 Å². The summed E-state index contributed by atoms with van der Waals surface area (Å²) in [5.41, 5.74) is 13.0. The molecule has 8 N–H and O–H groups in total. The molecule has 2 aliphatic heterocycles. The van der Waals surface area contributed by atoms with E-state index in [1.54, 1.807) is 82.3 Å². The molecular formula is C51H60FN7O8. The van der Waals surface area contributed by atoms with Crippen molar-refractivity contribution in [3.63, 3.8) is 0 Å². The lowest BCUT2D eigenvalue weighted by Gasteiger charge is -2.54. The Morgan fingerprint density at radius 1 is 0.657 bits per heavy atom. The van der Waals surface area contributed by atoms with Crippen LogP contribution in [0.3, 0.4) is 0 Å². The van der Waals surface area contributed by atoms with E-state index in [4.69, 9.17) is 11.5 Å². The van der Waals surface area contributed by atoms with Gasteiger partial charge in [-0.3, -0.25) is 39.6 Å². The van der Waals surface area contributed by atoms with Gasteiger partial charge in [0.15, 0.2) is 0 Å². The second-order valence-electron chi connectivity index (χ2n) is 19.7. The van der Waals surface area contributed by atoms with Crippen LogP contribution in [0.5, 0.6) is 0 Å². The van der Waals surface area contributed by atoms with Crippen molar-refractivity contribution < 1.29 is 43.4 Å². The summed E-state index contributed by atoms with van der Waals surface area (Å²) in [4.78, 5) is 86.9. The molecule has 15 nitrogen and oxygen atoms in total. The topological polar surface area (TPSA) is 230 Å². The molecule has 3 aromatic carbocycles. The highest BCUT2D eigenvalue weighted by Gasteiger charge is 2.66. The highest BCUT2D eigenvalue weighted by molar-refractivity contribution is 6.01. The summed E-state index contributed by atoms with van der Waals surface area (Å²) < 4.78 is 17.4. The van der Waals surface area contributed by atoms with Gasteiger partial charge < -0.3 is 26.2 Å². The number of hydrogen-bond donors (Lipinski definition) is 6. The fourth-order valence-electron chi connectivity index (χ4n) is 13.7.